The minimum Gasteiger partial charge on any atom is -0.396 e. The number of nitrogens with two attached hydrogens (primary N) is 1. The van der Waals surface area contributed by atoms with Crippen molar-refractivity contribution in [2.24, 2.45) is 23.0 Å². The van der Waals surface area contributed by atoms with E-state index in [0.717, 1.165) is 18.3 Å². The van der Waals surface area contributed by atoms with Crippen molar-refractivity contribution in [2.45, 2.75) is 58.9 Å². The maximum Gasteiger partial charge on any atom is 0.0436 e. The molecule has 1 aliphatic carbocycles. The van der Waals surface area contributed by atoms with Crippen molar-refractivity contribution in [3.05, 3.63) is 0 Å². The van der Waals surface area contributed by atoms with Crippen molar-refractivity contribution in [2.75, 3.05) is 6.61 Å². The van der Waals surface area contributed by atoms with Gasteiger partial charge < -0.3 is 10.8 Å². The van der Waals surface area contributed by atoms with Crippen LogP contribution in [0.25, 0.3) is 0 Å². The van der Waals surface area contributed by atoms with Gasteiger partial charge in [-0.05, 0) is 43.4 Å². The standard InChI is InChI=1S/C13H27NO/c1-10(2)12-5-4-6-13(9-12,7-8-15)11(3)14/h10-12,15H,4-9,14H2,1-3H3. The van der Waals surface area contributed by atoms with Crippen LogP contribution in [-0.4, -0.2) is 17.8 Å². The zero-order chi connectivity index (χ0) is 11.5. The first-order valence-electron chi connectivity index (χ1n) is 6.38. The van der Waals surface area contributed by atoms with E-state index in [1.807, 2.05) is 0 Å². The lowest BCUT2D eigenvalue weighted by Gasteiger charge is -2.45. The van der Waals surface area contributed by atoms with Crippen LogP contribution in [0.15, 0.2) is 0 Å². The molecule has 90 valence electrons. The van der Waals surface area contributed by atoms with Gasteiger partial charge in [-0.25, -0.2) is 0 Å². The highest BCUT2D eigenvalue weighted by Crippen LogP contribution is 2.46. The molecule has 2 nitrogen and oxygen atoms in total. The van der Waals surface area contributed by atoms with Crippen molar-refractivity contribution in [1.29, 1.82) is 0 Å². The monoisotopic (exact) mass is 213 g/mol. The molecule has 0 saturated heterocycles. The predicted octanol–water partition coefficient (Wildman–Crippen LogP) is 2.55. The number of hydrogen-bond donors (Lipinski definition) is 2. The second kappa shape index (κ2) is 5.31. The predicted molar refractivity (Wildman–Crippen MR) is 64.6 cm³/mol. The van der Waals surface area contributed by atoms with E-state index in [1.54, 1.807) is 0 Å². The first-order chi connectivity index (χ1) is 7.02. The third-order valence-corrected chi connectivity index (χ3v) is 4.44. The van der Waals surface area contributed by atoms with E-state index in [9.17, 15) is 5.11 Å². The van der Waals surface area contributed by atoms with E-state index in [2.05, 4.69) is 20.8 Å². The molecule has 3 atom stereocenters. The molecule has 1 aliphatic rings. The number of rotatable bonds is 4. The summed E-state index contributed by atoms with van der Waals surface area (Å²) in [6, 6.07) is 0.214. The van der Waals surface area contributed by atoms with Crippen LogP contribution in [0.3, 0.4) is 0 Å². The molecule has 0 radical (unpaired) electrons. The van der Waals surface area contributed by atoms with Gasteiger partial charge in [0, 0.05) is 12.6 Å². The fourth-order valence-corrected chi connectivity index (χ4v) is 3.10. The molecule has 0 aromatic heterocycles. The van der Waals surface area contributed by atoms with E-state index in [4.69, 9.17) is 5.73 Å². The highest BCUT2D eigenvalue weighted by molar-refractivity contribution is 4.92. The van der Waals surface area contributed by atoms with Crippen molar-refractivity contribution in [3.8, 4) is 0 Å². The van der Waals surface area contributed by atoms with Crippen LogP contribution < -0.4 is 5.73 Å². The van der Waals surface area contributed by atoms with Crippen LogP contribution in [0.4, 0.5) is 0 Å². The zero-order valence-electron chi connectivity index (χ0n) is 10.5. The summed E-state index contributed by atoms with van der Waals surface area (Å²) in [4.78, 5) is 0. The lowest BCUT2D eigenvalue weighted by molar-refractivity contribution is 0.0592. The van der Waals surface area contributed by atoms with E-state index in [1.165, 1.54) is 25.7 Å². The highest BCUT2D eigenvalue weighted by atomic mass is 16.3. The van der Waals surface area contributed by atoms with E-state index in [-0.39, 0.29) is 18.1 Å². The first-order valence-corrected chi connectivity index (χ1v) is 6.38. The highest BCUT2D eigenvalue weighted by Gasteiger charge is 2.39. The smallest absolute Gasteiger partial charge is 0.0436 e. The van der Waals surface area contributed by atoms with Crippen molar-refractivity contribution >= 4 is 0 Å². The Labute approximate surface area is 94.2 Å². The fraction of sp³-hybridized carbons (Fsp3) is 1.00. The molecule has 1 rings (SSSR count). The molecule has 0 bridgehead atoms. The largest absolute Gasteiger partial charge is 0.396 e. The van der Waals surface area contributed by atoms with Crippen LogP contribution in [0.1, 0.15) is 52.9 Å². The Kier molecular flexibility index (Phi) is 4.60. The third-order valence-electron chi connectivity index (χ3n) is 4.44. The summed E-state index contributed by atoms with van der Waals surface area (Å²) < 4.78 is 0. The summed E-state index contributed by atoms with van der Waals surface area (Å²) in [7, 11) is 0. The summed E-state index contributed by atoms with van der Waals surface area (Å²) in [6.45, 7) is 7.01. The van der Waals surface area contributed by atoms with Crippen LogP contribution in [0.5, 0.6) is 0 Å². The minimum atomic E-state index is 0.210. The fourth-order valence-electron chi connectivity index (χ4n) is 3.10. The van der Waals surface area contributed by atoms with Crippen LogP contribution >= 0.6 is 0 Å². The lowest BCUT2D eigenvalue weighted by Crippen LogP contribution is -2.44. The van der Waals surface area contributed by atoms with Gasteiger partial charge in [-0.15, -0.1) is 0 Å². The van der Waals surface area contributed by atoms with Crippen molar-refractivity contribution in [3.63, 3.8) is 0 Å². The third kappa shape index (κ3) is 2.94. The molecule has 3 N–H and O–H groups in total. The van der Waals surface area contributed by atoms with Crippen molar-refractivity contribution in [1.82, 2.24) is 0 Å². The molecule has 0 heterocycles. The maximum absolute atomic E-state index is 9.20. The Bertz CT molecular complexity index is 187. The van der Waals surface area contributed by atoms with Crippen molar-refractivity contribution < 1.29 is 5.11 Å². The van der Waals surface area contributed by atoms with E-state index in [0.29, 0.717) is 0 Å². The molecule has 15 heavy (non-hydrogen) atoms. The van der Waals surface area contributed by atoms with Gasteiger partial charge in [0.1, 0.15) is 0 Å². The van der Waals surface area contributed by atoms with Gasteiger partial charge in [0.05, 0.1) is 0 Å². The van der Waals surface area contributed by atoms with Gasteiger partial charge in [0.2, 0.25) is 0 Å². The number of hydrogen-bond acceptors (Lipinski definition) is 2. The number of aliphatic hydroxyl groups is 1. The first kappa shape index (κ1) is 13.0. The second-order valence-corrected chi connectivity index (χ2v) is 5.73. The molecular weight excluding hydrogens is 186 g/mol. The van der Waals surface area contributed by atoms with E-state index >= 15 is 0 Å². The van der Waals surface area contributed by atoms with Crippen LogP contribution in [0, 0.1) is 17.3 Å². The minimum absolute atomic E-state index is 0.210. The molecule has 1 fully saturated rings. The molecule has 0 spiro atoms. The van der Waals surface area contributed by atoms with Gasteiger partial charge in [-0.2, -0.15) is 0 Å². The molecular formula is C13H27NO. The summed E-state index contributed by atoms with van der Waals surface area (Å²) in [5, 5.41) is 9.20. The average Bonchev–Trinajstić information content (AvgIpc) is 2.18. The molecule has 0 aromatic carbocycles. The molecule has 2 heteroatoms. The van der Waals surface area contributed by atoms with Gasteiger partial charge in [0.25, 0.3) is 0 Å². The molecule has 0 amide bonds. The maximum atomic E-state index is 9.20. The summed E-state index contributed by atoms with van der Waals surface area (Å²) in [5.41, 5.74) is 6.35. The topological polar surface area (TPSA) is 46.2 Å². The Morgan fingerprint density at radius 1 is 1.40 bits per heavy atom. The lowest BCUT2D eigenvalue weighted by atomic mass is 9.62. The van der Waals surface area contributed by atoms with Gasteiger partial charge in [0.15, 0.2) is 0 Å². The zero-order valence-corrected chi connectivity index (χ0v) is 10.5. The van der Waals surface area contributed by atoms with Gasteiger partial charge in [-0.3, -0.25) is 0 Å². The average molecular weight is 213 g/mol. The molecule has 0 aliphatic heterocycles. The van der Waals surface area contributed by atoms with Crippen LogP contribution in [-0.2, 0) is 0 Å². The summed E-state index contributed by atoms with van der Waals surface area (Å²) in [5.74, 6) is 1.55. The summed E-state index contributed by atoms with van der Waals surface area (Å²) >= 11 is 0. The SMILES string of the molecule is CC(C)C1CCCC(CCO)(C(C)N)C1. The Balaban J connectivity index is 2.71. The van der Waals surface area contributed by atoms with E-state index < -0.39 is 0 Å². The Morgan fingerprint density at radius 2 is 2.07 bits per heavy atom. The molecule has 0 aromatic rings. The van der Waals surface area contributed by atoms with Gasteiger partial charge in [-0.1, -0.05) is 26.7 Å². The molecule has 1 saturated carbocycles. The normalized spacial score (nSPS) is 34.4. The Hall–Kier alpha value is -0.0800. The van der Waals surface area contributed by atoms with Crippen LogP contribution in [0.2, 0.25) is 0 Å². The number of aliphatic hydroxyl groups excluding tert-OH is 1. The second-order valence-electron chi connectivity index (χ2n) is 5.73. The quantitative estimate of drug-likeness (QED) is 0.754. The summed E-state index contributed by atoms with van der Waals surface area (Å²) in [6.07, 6.45) is 5.92. The van der Waals surface area contributed by atoms with Gasteiger partial charge >= 0.3 is 0 Å². The Morgan fingerprint density at radius 3 is 2.53 bits per heavy atom. The molecule has 3 unspecified atom stereocenters.